The summed E-state index contributed by atoms with van der Waals surface area (Å²) in [5.74, 6) is -0.366. The maximum Gasteiger partial charge on any atom is 0.400 e. The summed E-state index contributed by atoms with van der Waals surface area (Å²) in [6.45, 7) is 0. The summed E-state index contributed by atoms with van der Waals surface area (Å²) in [7, 11) is -5.70. The third-order valence-electron chi connectivity index (χ3n) is 4.85. The van der Waals surface area contributed by atoms with Gasteiger partial charge in [0.2, 0.25) is 0 Å². The first-order valence-corrected chi connectivity index (χ1v) is 11.7. The van der Waals surface area contributed by atoms with Crippen LogP contribution < -0.4 is 5.32 Å². The van der Waals surface area contributed by atoms with Crippen LogP contribution in [0.3, 0.4) is 0 Å². The molecule has 1 aromatic carbocycles. The minimum absolute atomic E-state index is 0.131. The van der Waals surface area contributed by atoms with Crippen LogP contribution in [0.1, 0.15) is 33.6 Å². The van der Waals surface area contributed by atoms with E-state index in [1.54, 1.807) is 18.5 Å². The third-order valence-corrected chi connectivity index (χ3v) is 8.28. The van der Waals surface area contributed by atoms with Crippen molar-refractivity contribution in [2.24, 2.45) is 0 Å². The predicted octanol–water partition coefficient (Wildman–Crippen LogP) is 4.70. The lowest BCUT2D eigenvalue weighted by Gasteiger charge is -2.17. The molecular formula is C18H14BrF2N2O4PS. The Labute approximate surface area is 176 Å². The van der Waals surface area contributed by atoms with Crippen LogP contribution in [0.4, 0.5) is 8.78 Å². The fraction of sp³-hybridized carbons (Fsp3) is 0.222. The number of hydrogen-bond donors (Lipinski definition) is 3. The van der Waals surface area contributed by atoms with Crippen molar-refractivity contribution in [3.05, 3.63) is 63.2 Å². The van der Waals surface area contributed by atoms with Crippen LogP contribution in [0.5, 0.6) is 0 Å². The first kappa shape index (κ1) is 20.6. The van der Waals surface area contributed by atoms with E-state index in [1.807, 2.05) is 6.07 Å². The number of amides is 1. The van der Waals surface area contributed by atoms with E-state index in [9.17, 15) is 18.1 Å². The molecule has 11 heteroatoms. The van der Waals surface area contributed by atoms with Gasteiger partial charge in [-0.15, -0.1) is 11.3 Å². The monoisotopic (exact) mass is 502 g/mol. The summed E-state index contributed by atoms with van der Waals surface area (Å²) < 4.78 is 39.8. The molecule has 6 nitrogen and oxygen atoms in total. The maximum absolute atomic E-state index is 14.2. The molecular weight excluding hydrogens is 489 g/mol. The van der Waals surface area contributed by atoms with Crippen molar-refractivity contribution < 1.29 is 27.9 Å². The summed E-state index contributed by atoms with van der Waals surface area (Å²) in [5, 5.41) is 3.27. The third kappa shape index (κ3) is 3.53. The van der Waals surface area contributed by atoms with Gasteiger partial charge in [0.25, 0.3) is 5.91 Å². The molecule has 1 amide bonds. The fourth-order valence-electron chi connectivity index (χ4n) is 3.08. The number of fused-ring (bicyclic) bond motifs is 1. The van der Waals surface area contributed by atoms with Crippen LogP contribution >= 0.6 is 34.9 Å². The minimum atomic E-state index is -5.70. The fourth-order valence-corrected chi connectivity index (χ4v) is 6.00. The number of carbonyl (C=O) groups excluding carboxylic acids is 1. The van der Waals surface area contributed by atoms with Gasteiger partial charge in [0, 0.05) is 32.5 Å². The number of nitrogens with zero attached hydrogens (tertiary/aromatic N) is 1. The predicted molar refractivity (Wildman–Crippen MR) is 108 cm³/mol. The molecule has 0 spiro atoms. The standard InChI is InChI=1S/C18H14BrF2N2O4PS/c19-14-12-8-10(3-4-13(12)29-15(14)18(20,21)28(25,26)27)16(24)23-17(5-6-17)11-2-1-7-22-9-11/h1-4,7-9H,5-6H2,(H,23,24)(H2,25,26,27). The van der Waals surface area contributed by atoms with E-state index >= 15 is 0 Å². The van der Waals surface area contributed by atoms with Crippen molar-refractivity contribution in [3.8, 4) is 0 Å². The Bertz CT molecular complexity index is 1160. The van der Waals surface area contributed by atoms with Crippen molar-refractivity contribution in [2.75, 3.05) is 0 Å². The van der Waals surface area contributed by atoms with Crippen LogP contribution in [-0.2, 0) is 15.8 Å². The molecule has 1 aliphatic rings. The van der Waals surface area contributed by atoms with Gasteiger partial charge in [0.1, 0.15) is 4.88 Å². The van der Waals surface area contributed by atoms with Gasteiger partial charge >= 0.3 is 13.3 Å². The maximum atomic E-state index is 14.2. The average molecular weight is 503 g/mol. The summed E-state index contributed by atoms with van der Waals surface area (Å²) in [6.07, 6.45) is 4.89. The van der Waals surface area contributed by atoms with E-state index in [0.717, 1.165) is 18.4 Å². The highest BCUT2D eigenvalue weighted by Crippen LogP contribution is 2.62. The number of halogens is 3. The number of carbonyl (C=O) groups is 1. The highest BCUT2D eigenvalue weighted by atomic mass is 79.9. The zero-order valence-electron chi connectivity index (χ0n) is 14.6. The Morgan fingerprint density at radius 1 is 1.31 bits per heavy atom. The molecule has 0 saturated heterocycles. The van der Waals surface area contributed by atoms with Crippen molar-refractivity contribution >= 4 is 50.9 Å². The number of thiophene rings is 1. The lowest BCUT2D eigenvalue weighted by atomic mass is 10.1. The van der Waals surface area contributed by atoms with Crippen molar-refractivity contribution in [1.82, 2.24) is 10.3 Å². The molecule has 1 aliphatic carbocycles. The summed E-state index contributed by atoms with van der Waals surface area (Å²) >= 11 is 3.59. The Balaban J connectivity index is 1.67. The number of nitrogens with one attached hydrogen (secondary N) is 1. The number of rotatable bonds is 5. The molecule has 3 aromatic rings. The van der Waals surface area contributed by atoms with E-state index in [1.165, 1.54) is 18.2 Å². The highest BCUT2D eigenvalue weighted by Gasteiger charge is 2.53. The van der Waals surface area contributed by atoms with E-state index in [4.69, 9.17) is 9.79 Å². The molecule has 0 bridgehead atoms. The van der Waals surface area contributed by atoms with Crippen LogP contribution in [0.15, 0.2) is 47.2 Å². The summed E-state index contributed by atoms with van der Waals surface area (Å²) in [6, 6.07) is 8.10. The number of benzene rings is 1. The first-order valence-electron chi connectivity index (χ1n) is 8.44. The molecule has 29 heavy (non-hydrogen) atoms. The van der Waals surface area contributed by atoms with Gasteiger partial charge in [-0.05, 0) is 58.6 Å². The van der Waals surface area contributed by atoms with E-state index in [-0.39, 0.29) is 21.3 Å². The Hall–Kier alpha value is -1.71. The molecule has 2 aromatic heterocycles. The van der Waals surface area contributed by atoms with E-state index in [0.29, 0.717) is 16.0 Å². The zero-order valence-corrected chi connectivity index (χ0v) is 17.9. The molecule has 0 unspecified atom stereocenters. The largest absolute Gasteiger partial charge is 0.400 e. The lowest BCUT2D eigenvalue weighted by molar-refractivity contribution is 0.0595. The smallest absolute Gasteiger partial charge is 0.342 e. The SMILES string of the molecule is O=C(NC1(c2cccnc2)CC1)c1ccc2sc(C(F)(F)P(=O)(O)O)c(Br)c2c1. The van der Waals surface area contributed by atoms with E-state index in [2.05, 4.69) is 26.2 Å². The quantitative estimate of drug-likeness (QED) is 0.439. The zero-order chi connectivity index (χ0) is 21.0. The summed E-state index contributed by atoms with van der Waals surface area (Å²) in [4.78, 5) is 34.1. The van der Waals surface area contributed by atoms with Crippen LogP contribution in [0, 0.1) is 0 Å². The van der Waals surface area contributed by atoms with Crippen molar-refractivity contribution in [2.45, 2.75) is 24.0 Å². The Kier molecular flexibility index (Phi) is 4.91. The summed E-state index contributed by atoms with van der Waals surface area (Å²) in [5.41, 5.74) is -3.65. The van der Waals surface area contributed by atoms with Gasteiger partial charge in [-0.2, -0.15) is 8.78 Å². The van der Waals surface area contributed by atoms with Crippen molar-refractivity contribution in [1.29, 1.82) is 0 Å². The molecule has 3 N–H and O–H groups in total. The van der Waals surface area contributed by atoms with Crippen LogP contribution in [0.2, 0.25) is 0 Å². The molecule has 152 valence electrons. The second kappa shape index (κ2) is 6.92. The normalized spacial score (nSPS) is 16.0. The first-order chi connectivity index (χ1) is 13.6. The molecule has 0 atom stereocenters. The molecule has 2 heterocycles. The molecule has 1 saturated carbocycles. The molecule has 4 rings (SSSR count). The highest BCUT2D eigenvalue weighted by molar-refractivity contribution is 9.10. The molecule has 1 fully saturated rings. The second-order valence-corrected chi connectivity index (χ2v) is 10.3. The second-order valence-electron chi connectivity index (χ2n) is 6.82. The minimum Gasteiger partial charge on any atom is -0.342 e. The lowest BCUT2D eigenvalue weighted by Crippen LogP contribution is -2.34. The van der Waals surface area contributed by atoms with Crippen molar-refractivity contribution in [3.63, 3.8) is 0 Å². The van der Waals surface area contributed by atoms with Gasteiger partial charge < -0.3 is 15.1 Å². The van der Waals surface area contributed by atoms with Gasteiger partial charge in [0.15, 0.2) is 0 Å². The average Bonchev–Trinajstić information content (AvgIpc) is 3.38. The van der Waals surface area contributed by atoms with Gasteiger partial charge in [-0.25, -0.2) is 0 Å². The van der Waals surface area contributed by atoms with Crippen LogP contribution in [-0.4, -0.2) is 20.7 Å². The number of alkyl halides is 2. The van der Waals surface area contributed by atoms with Crippen LogP contribution in [0.25, 0.3) is 10.1 Å². The van der Waals surface area contributed by atoms with Gasteiger partial charge in [-0.1, -0.05) is 6.07 Å². The number of pyridine rings is 1. The Morgan fingerprint density at radius 3 is 2.62 bits per heavy atom. The molecule has 0 aliphatic heterocycles. The number of aromatic nitrogens is 1. The topological polar surface area (TPSA) is 99.5 Å². The molecule has 0 radical (unpaired) electrons. The number of hydrogen-bond acceptors (Lipinski definition) is 4. The van der Waals surface area contributed by atoms with Gasteiger partial charge in [0.05, 0.1) is 5.54 Å². The Morgan fingerprint density at radius 2 is 2.03 bits per heavy atom. The van der Waals surface area contributed by atoms with E-state index < -0.39 is 23.7 Å². The van der Waals surface area contributed by atoms with Gasteiger partial charge in [-0.3, -0.25) is 14.3 Å².